The molecule has 120 valence electrons. The molecule has 0 aliphatic carbocycles. The van der Waals surface area contributed by atoms with Crippen LogP contribution in [0.4, 0.5) is 5.69 Å². The zero-order valence-electron chi connectivity index (χ0n) is 12.5. The Kier molecular flexibility index (Phi) is 8.51. The lowest BCUT2D eigenvalue weighted by atomic mass is 10.4. The number of hydrogen-bond donors (Lipinski definition) is 2. The van der Waals surface area contributed by atoms with Crippen LogP contribution in [0.1, 0.15) is 6.42 Å². The van der Waals surface area contributed by atoms with Crippen molar-refractivity contribution in [1.29, 1.82) is 0 Å². The smallest absolute Gasteiger partial charge is 0.283 e. The van der Waals surface area contributed by atoms with Gasteiger partial charge in [-0.2, -0.15) is 5.10 Å². The van der Waals surface area contributed by atoms with Gasteiger partial charge in [-0.3, -0.25) is 4.79 Å². The third kappa shape index (κ3) is 6.56. The molecule has 0 atom stereocenters. The second-order valence-corrected chi connectivity index (χ2v) is 5.61. The number of nitrogens with one attached hydrogen (secondary N) is 1. The summed E-state index contributed by atoms with van der Waals surface area (Å²) in [5.74, 6) is 0. The van der Waals surface area contributed by atoms with Crippen LogP contribution in [0.5, 0.6) is 0 Å². The Labute approximate surface area is 133 Å². The van der Waals surface area contributed by atoms with Gasteiger partial charge in [0.05, 0.1) is 31.6 Å². The molecule has 1 aromatic rings. The van der Waals surface area contributed by atoms with Crippen LogP contribution in [0.25, 0.3) is 0 Å². The molecule has 0 radical (unpaired) electrons. The quantitative estimate of drug-likeness (QED) is 0.585. The fraction of sp³-hybridized carbons (Fsp3) is 0.692. The summed E-state index contributed by atoms with van der Waals surface area (Å²) < 4.78 is 7.10. The van der Waals surface area contributed by atoms with Crippen LogP contribution in [0.3, 0.4) is 0 Å². The van der Waals surface area contributed by atoms with Crippen molar-refractivity contribution >= 4 is 21.6 Å². The SMILES string of the molecule is CN(C)CCn1ncc(NCCCOCCO)c(Br)c1=O. The second kappa shape index (κ2) is 9.88. The summed E-state index contributed by atoms with van der Waals surface area (Å²) in [5, 5.41) is 15.9. The highest BCUT2D eigenvalue weighted by Gasteiger charge is 2.08. The van der Waals surface area contributed by atoms with Gasteiger partial charge in [-0.15, -0.1) is 0 Å². The van der Waals surface area contributed by atoms with E-state index < -0.39 is 0 Å². The van der Waals surface area contributed by atoms with Crippen LogP contribution >= 0.6 is 15.9 Å². The minimum absolute atomic E-state index is 0.0358. The molecule has 0 amide bonds. The molecule has 0 aromatic carbocycles. The van der Waals surface area contributed by atoms with E-state index in [2.05, 4.69) is 26.3 Å². The highest BCUT2D eigenvalue weighted by Crippen LogP contribution is 2.15. The molecule has 0 fully saturated rings. The minimum atomic E-state index is -0.140. The molecule has 1 rings (SSSR count). The van der Waals surface area contributed by atoms with Gasteiger partial charge in [-0.25, -0.2) is 4.68 Å². The number of likely N-dealkylation sites (N-methyl/N-ethyl adjacent to an activating group) is 1. The zero-order valence-corrected chi connectivity index (χ0v) is 14.1. The van der Waals surface area contributed by atoms with Crippen molar-refractivity contribution in [2.75, 3.05) is 52.3 Å². The molecule has 0 aliphatic heterocycles. The maximum Gasteiger partial charge on any atom is 0.283 e. The van der Waals surface area contributed by atoms with E-state index in [-0.39, 0.29) is 12.2 Å². The first kappa shape index (κ1) is 18.1. The van der Waals surface area contributed by atoms with Crippen molar-refractivity contribution < 1.29 is 9.84 Å². The van der Waals surface area contributed by atoms with E-state index in [1.165, 1.54) is 4.68 Å². The number of aliphatic hydroxyl groups is 1. The van der Waals surface area contributed by atoms with Crippen LogP contribution in [-0.4, -0.2) is 66.8 Å². The van der Waals surface area contributed by atoms with Crippen LogP contribution in [0, 0.1) is 0 Å². The minimum Gasteiger partial charge on any atom is -0.394 e. The van der Waals surface area contributed by atoms with Gasteiger partial charge >= 0.3 is 0 Å². The number of aromatic nitrogens is 2. The van der Waals surface area contributed by atoms with Gasteiger partial charge in [0.1, 0.15) is 4.47 Å². The first-order valence-corrected chi connectivity index (χ1v) is 7.68. The number of halogens is 1. The largest absolute Gasteiger partial charge is 0.394 e. The average molecular weight is 363 g/mol. The molecule has 0 bridgehead atoms. The fourth-order valence-corrected chi connectivity index (χ4v) is 2.05. The van der Waals surface area contributed by atoms with Crippen molar-refractivity contribution in [3.8, 4) is 0 Å². The number of hydrogen-bond acceptors (Lipinski definition) is 6. The topological polar surface area (TPSA) is 79.6 Å². The van der Waals surface area contributed by atoms with Crippen molar-refractivity contribution in [3.63, 3.8) is 0 Å². The molecular formula is C13H23BrN4O3. The Bertz CT molecular complexity index is 479. The Hall–Kier alpha value is -0.960. The number of rotatable bonds is 10. The fourth-order valence-electron chi connectivity index (χ4n) is 1.61. The Morgan fingerprint density at radius 2 is 2.24 bits per heavy atom. The van der Waals surface area contributed by atoms with E-state index in [0.29, 0.717) is 36.5 Å². The molecule has 2 N–H and O–H groups in total. The van der Waals surface area contributed by atoms with Crippen molar-refractivity contribution in [1.82, 2.24) is 14.7 Å². The van der Waals surface area contributed by atoms with Crippen LogP contribution < -0.4 is 10.9 Å². The third-order valence-corrected chi connectivity index (χ3v) is 3.53. The number of aliphatic hydroxyl groups excluding tert-OH is 1. The molecule has 21 heavy (non-hydrogen) atoms. The van der Waals surface area contributed by atoms with Gasteiger partial charge < -0.3 is 20.1 Å². The molecule has 7 nitrogen and oxygen atoms in total. The molecular weight excluding hydrogens is 340 g/mol. The average Bonchev–Trinajstić information content (AvgIpc) is 2.45. The Balaban J connectivity index is 2.49. The van der Waals surface area contributed by atoms with E-state index >= 15 is 0 Å². The van der Waals surface area contributed by atoms with Crippen molar-refractivity contribution in [2.24, 2.45) is 0 Å². The summed E-state index contributed by atoms with van der Waals surface area (Å²) in [6.45, 7) is 2.95. The van der Waals surface area contributed by atoms with E-state index in [9.17, 15) is 4.79 Å². The molecule has 0 aliphatic rings. The van der Waals surface area contributed by atoms with Crippen molar-refractivity contribution in [2.45, 2.75) is 13.0 Å². The molecule has 0 spiro atoms. The predicted octanol–water partition coefficient (Wildman–Crippen LogP) is 0.378. The first-order valence-electron chi connectivity index (χ1n) is 6.89. The summed E-state index contributed by atoms with van der Waals surface area (Å²) >= 11 is 3.32. The van der Waals surface area contributed by atoms with Crippen LogP contribution in [0.15, 0.2) is 15.5 Å². The predicted molar refractivity (Wildman–Crippen MR) is 85.8 cm³/mol. The lowest BCUT2D eigenvalue weighted by Gasteiger charge is -2.12. The maximum absolute atomic E-state index is 12.1. The lowest BCUT2D eigenvalue weighted by molar-refractivity contribution is 0.0922. The molecule has 0 saturated heterocycles. The first-order chi connectivity index (χ1) is 10.1. The van der Waals surface area contributed by atoms with Crippen LogP contribution in [-0.2, 0) is 11.3 Å². The summed E-state index contributed by atoms with van der Waals surface area (Å²) in [6, 6.07) is 0. The summed E-state index contributed by atoms with van der Waals surface area (Å²) in [5.41, 5.74) is 0.543. The molecule has 1 aromatic heterocycles. The highest BCUT2D eigenvalue weighted by molar-refractivity contribution is 9.10. The van der Waals surface area contributed by atoms with Gasteiger partial charge in [0.25, 0.3) is 5.56 Å². The Morgan fingerprint density at radius 1 is 1.48 bits per heavy atom. The maximum atomic E-state index is 12.1. The van der Waals surface area contributed by atoms with Gasteiger partial charge in [-0.05, 0) is 36.4 Å². The number of ether oxygens (including phenoxy) is 1. The zero-order chi connectivity index (χ0) is 15.7. The Morgan fingerprint density at radius 3 is 2.90 bits per heavy atom. The standard InChI is InChI=1S/C13H23BrN4O3/c1-17(2)5-6-18-13(20)12(14)11(10-16-18)15-4-3-8-21-9-7-19/h10,15,19H,3-9H2,1-2H3. The van der Waals surface area contributed by atoms with E-state index in [0.717, 1.165) is 13.0 Å². The monoisotopic (exact) mass is 362 g/mol. The molecule has 0 saturated carbocycles. The highest BCUT2D eigenvalue weighted by atomic mass is 79.9. The molecule has 0 unspecified atom stereocenters. The van der Waals surface area contributed by atoms with Gasteiger partial charge in [0, 0.05) is 19.7 Å². The molecule has 8 heteroatoms. The molecule has 1 heterocycles. The summed E-state index contributed by atoms with van der Waals surface area (Å²) in [7, 11) is 3.91. The normalized spacial score (nSPS) is 11.1. The van der Waals surface area contributed by atoms with Crippen molar-refractivity contribution in [3.05, 3.63) is 21.0 Å². The number of nitrogens with zero attached hydrogens (tertiary/aromatic N) is 3. The van der Waals surface area contributed by atoms with E-state index in [1.807, 2.05) is 19.0 Å². The van der Waals surface area contributed by atoms with Gasteiger partial charge in [0.2, 0.25) is 0 Å². The van der Waals surface area contributed by atoms with E-state index in [4.69, 9.17) is 9.84 Å². The van der Waals surface area contributed by atoms with Gasteiger partial charge in [0.15, 0.2) is 0 Å². The van der Waals surface area contributed by atoms with Gasteiger partial charge in [-0.1, -0.05) is 0 Å². The lowest BCUT2D eigenvalue weighted by Crippen LogP contribution is -2.29. The number of anilines is 1. The summed E-state index contributed by atoms with van der Waals surface area (Å²) in [6.07, 6.45) is 2.44. The summed E-state index contributed by atoms with van der Waals surface area (Å²) in [4.78, 5) is 14.1. The third-order valence-electron chi connectivity index (χ3n) is 2.76. The van der Waals surface area contributed by atoms with E-state index in [1.54, 1.807) is 6.20 Å². The second-order valence-electron chi connectivity index (χ2n) is 4.82. The van der Waals surface area contributed by atoms with Crippen LogP contribution in [0.2, 0.25) is 0 Å².